The number of amides is 2. The molecule has 0 spiro atoms. The third-order valence-corrected chi connectivity index (χ3v) is 4.61. The Morgan fingerprint density at radius 2 is 1.93 bits per heavy atom. The minimum absolute atomic E-state index is 0.0967. The van der Waals surface area contributed by atoms with Crippen molar-refractivity contribution in [1.82, 2.24) is 15.0 Å². The molecule has 0 aliphatic heterocycles. The summed E-state index contributed by atoms with van der Waals surface area (Å²) in [6.45, 7) is 3.97. The molecule has 0 fully saturated rings. The monoisotopic (exact) mass is 430 g/mol. The number of nitrogens with zero attached hydrogens (tertiary/aromatic N) is 3. The number of methoxy groups -OCH3 is 2. The number of hydrogen-bond acceptors (Lipinski definition) is 6. The van der Waals surface area contributed by atoms with Crippen molar-refractivity contribution in [2.24, 2.45) is 0 Å². The summed E-state index contributed by atoms with van der Waals surface area (Å²) in [6.07, 6.45) is 0. The average Bonchev–Trinajstić information content (AvgIpc) is 3.20. The first-order valence-electron chi connectivity index (χ1n) is 9.29. The highest BCUT2D eigenvalue weighted by atomic mass is 35.5. The number of rotatable bonds is 7. The number of anilines is 1. The van der Waals surface area contributed by atoms with Crippen LogP contribution < -0.4 is 14.8 Å². The smallest absolute Gasteiger partial charge is 0.322 e. The van der Waals surface area contributed by atoms with Gasteiger partial charge in [0.15, 0.2) is 11.5 Å². The van der Waals surface area contributed by atoms with Crippen LogP contribution >= 0.6 is 11.6 Å². The van der Waals surface area contributed by atoms with Crippen LogP contribution in [0.2, 0.25) is 5.02 Å². The van der Waals surface area contributed by atoms with Crippen molar-refractivity contribution in [2.45, 2.75) is 26.4 Å². The molecule has 8 nitrogen and oxygen atoms in total. The molecule has 1 heterocycles. The van der Waals surface area contributed by atoms with Crippen LogP contribution in [0.1, 0.15) is 19.7 Å². The van der Waals surface area contributed by atoms with Crippen molar-refractivity contribution in [3.8, 4) is 22.9 Å². The molecule has 0 radical (unpaired) electrons. The van der Waals surface area contributed by atoms with Crippen LogP contribution in [-0.2, 0) is 6.54 Å². The van der Waals surface area contributed by atoms with Crippen LogP contribution in [0.4, 0.5) is 10.5 Å². The largest absolute Gasteiger partial charge is 0.493 e. The van der Waals surface area contributed by atoms with E-state index in [0.717, 1.165) is 0 Å². The molecule has 2 amide bonds. The topological polar surface area (TPSA) is 89.7 Å². The zero-order valence-electron chi connectivity index (χ0n) is 17.2. The van der Waals surface area contributed by atoms with Gasteiger partial charge in [0.1, 0.15) is 6.54 Å². The highest BCUT2D eigenvalue weighted by Gasteiger charge is 2.21. The maximum Gasteiger partial charge on any atom is 0.322 e. The Hall–Kier alpha value is -3.26. The number of aromatic nitrogens is 2. The summed E-state index contributed by atoms with van der Waals surface area (Å²) >= 11 is 5.99. The number of carbonyl (C=O) groups excluding carboxylic acids is 1. The van der Waals surface area contributed by atoms with Crippen LogP contribution in [-0.4, -0.2) is 41.3 Å². The van der Waals surface area contributed by atoms with Gasteiger partial charge in [0.2, 0.25) is 11.7 Å². The van der Waals surface area contributed by atoms with Gasteiger partial charge in [-0.2, -0.15) is 4.98 Å². The number of carbonyl (C=O) groups is 1. The lowest BCUT2D eigenvalue weighted by Gasteiger charge is -2.25. The lowest BCUT2D eigenvalue weighted by Crippen LogP contribution is -2.39. The number of benzene rings is 2. The average molecular weight is 431 g/mol. The fourth-order valence-corrected chi connectivity index (χ4v) is 3.00. The van der Waals surface area contributed by atoms with Crippen LogP contribution in [0.5, 0.6) is 11.5 Å². The molecule has 0 unspecified atom stereocenters. The quantitative estimate of drug-likeness (QED) is 0.576. The standard InChI is InChI=1S/C21H23ClN4O4/c1-13(2)26(21(27)23-16-7-5-6-15(22)11-16)12-19-24-20(25-30-19)14-8-9-17(28-3)18(10-14)29-4/h5-11,13H,12H2,1-4H3,(H,23,27). The van der Waals surface area contributed by atoms with Crippen LogP contribution in [0.25, 0.3) is 11.4 Å². The van der Waals surface area contributed by atoms with Crippen molar-refractivity contribution in [3.05, 3.63) is 53.4 Å². The molecule has 0 saturated heterocycles. The molecule has 3 aromatic rings. The van der Waals surface area contributed by atoms with Gasteiger partial charge in [-0.1, -0.05) is 22.8 Å². The van der Waals surface area contributed by atoms with Gasteiger partial charge >= 0.3 is 6.03 Å². The Labute approximate surface area is 179 Å². The predicted octanol–water partition coefficient (Wildman–Crippen LogP) is 4.85. The van der Waals surface area contributed by atoms with Gasteiger partial charge in [0.05, 0.1) is 14.2 Å². The molecular formula is C21H23ClN4O4. The maximum atomic E-state index is 12.8. The number of nitrogens with one attached hydrogen (secondary N) is 1. The summed E-state index contributed by atoms with van der Waals surface area (Å²) in [5.74, 6) is 1.87. The van der Waals surface area contributed by atoms with Gasteiger partial charge in [-0.05, 0) is 50.2 Å². The van der Waals surface area contributed by atoms with Crippen LogP contribution in [0.3, 0.4) is 0 Å². The Morgan fingerprint density at radius 3 is 2.60 bits per heavy atom. The Balaban J connectivity index is 1.76. The van der Waals surface area contributed by atoms with Gasteiger partial charge < -0.3 is 24.2 Å². The molecule has 0 atom stereocenters. The first-order chi connectivity index (χ1) is 14.4. The molecule has 0 aliphatic carbocycles. The highest BCUT2D eigenvalue weighted by molar-refractivity contribution is 6.30. The predicted molar refractivity (Wildman–Crippen MR) is 114 cm³/mol. The van der Waals surface area contributed by atoms with E-state index in [0.29, 0.717) is 39.5 Å². The Bertz CT molecular complexity index is 1020. The van der Waals surface area contributed by atoms with Crippen molar-refractivity contribution in [2.75, 3.05) is 19.5 Å². The summed E-state index contributed by atoms with van der Waals surface area (Å²) < 4.78 is 15.9. The number of halogens is 1. The van der Waals surface area contributed by atoms with Gasteiger partial charge in [0.25, 0.3) is 0 Å². The third-order valence-electron chi connectivity index (χ3n) is 4.38. The molecule has 0 bridgehead atoms. The zero-order chi connectivity index (χ0) is 21.7. The summed E-state index contributed by atoms with van der Waals surface area (Å²) in [5, 5.41) is 7.40. The van der Waals surface area contributed by atoms with Crippen molar-refractivity contribution >= 4 is 23.3 Å². The van der Waals surface area contributed by atoms with E-state index >= 15 is 0 Å². The second-order valence-electron chi connectivity index (χ2n) is 6.74. The second-order valence-corrected chi connectivity index (χ2v) is 7.18. The fraction of sp³-hybridized carbons (Fsp3) is 0.286. The summed E-state index contributed by atoms with van der Waals surface area (Å²) in [4.78, 5) is 18.8. The second kappa shape index (κ2) is 9.49. The van der Waals surface area contributed by atoms with Gasteiger partial charge in [-0.25, -0.2) is 4.79 Å². The van der Waals surface area contributed by atoms with Crippen molar-refractivity contribution < 1.29 is 18.8 Å². The Kier molecular flexibility index (Phi) is 6.79. The van der Waals surface area contributed by atoms with Gasteiger partial charge in [-0.3, -0.25) is 0 Å². The van der Waals surface area contributed by atoms with Crippen molar-refractivity contribution in [3.63, 3.8) is 0 Å². The number of ether oxygens (including phenoxy) is 2. The van der Waals surface area contributed by atoms with E-state index in [1.165, 1.54) is 0 Å². The first kappa shape index (κ1) is 21.4. The molecule has 9 heteroatoms. The van der Waals surface area contributed by atoms with E-state index in [4.69, 9.17) is 25.6 Å². The number of urea groups is 1. The third kappa shape index (κ3) is 5.01. The SMILES string of the molecule is COc1ccc(-c2noc(CN(C(=O)Nc3cccc(Cl)c3)C(C)C)n2)cc1OC. The lowest BCUT2D eigenvalue weighted by atomic mass is 10.2. The van der Waals surface area contributed by atoms with E-state index in [9.17, 15) is 4.79 Å². The normalized spacial score (nSPS) is 10.7. The van der Waals surface area contributed by atoms with Crippen LogP contribution in [0, 0.1) is 0 Å². The molecule has 158 valence electrons. The van der Waals surface area contributed by atoms with E-state index in [1.54, 1.807) is 55.5 Å². The number of hydrogen-bond donors (Lipinski definition) is 1. The molecule has 0 saturated carbocycles. The molecule has 30 heavy (non-hydrogen) atoms. The molecule has 1 N–H and O–H groups in total. The fourth-order valence-electron chi connectivity index (χ4n) is 2.81. The minimum Gasteiger partial charge on any atom is -0.493 e. The van der Waals surface area contributed by atoms with Crippen molar-refractivity contribution in [1.29, 1.82) is 0 Å². The van der Waals surface area contributed by atoms with E-state index in [1.807, 2.05) is 19.9 Å². The highest BCUT2D eigenvalue weighted by Crippen LogP contribution is 2.31. The summed E-state index contributed by atoms with van der Waals surface area (Å²) in [7, 11) is 3.13. The van der Waals surface area contributed by atoms with E-state index < -0.39 is 0 Å². The molecule has 2 aromatic carbocycles. The van der Waals surface area contributed by atoms with Gasteiger partial charge in [0, 0.05) is 22.3 Å². The van der Waals surface area contributed by atoms with Gasteiger partial charge in [-0.15, -0.1) is 0 Å². The molecule has 3 rings (SSSR count). The zero-order valence-corrected chi connectivity index (χ0v) is 17.9. The molecule has 0 aliphatic rings. The lowest BCUT2D eigenvalue weighted by molar-refractivity contribution is 0.182. The van der Waals surface area contributed by atoms with E-state index in [2.05, 4.69) is 15.5 Å². The Morgan fingerprint density at radius 1 is 1.17 bits per heavy atom. The maximum absolute atomic E-state index is 12.8. The first-order valence-corrected chi connectivity index (χ1v) is 9.67. The van der Waals surface area contributed by atoms with Crippen LogP contribution in [0.15, 0.2) is 47.0 Å². The molecule has 1 aromatic heterocycles. The van der Waals surface area contributed by atoms with E-state index in [-0.39, 0.29) is 18.6 Å². The summed E-state index contributed by atoms with van der Waals surface area (Å²) in [6, 6.07) is 11.9. The minimum atomic E-state index is -0.293. The summed E-state index contributed by atoms with van der Waals surface area (Å²) in [5.41, 5.74) is 1.32. The molecular weight excluding hydrogens is 408 g/mol.